The second kappa shape index (κ2) is 13.9. The molecule has 3 aromatic rings. The highest BCUT2D eigenvalue weighted by Gasteiger charge is 2.38. The Labute approximate surface area is 262 Å². The fraction of sp³-hybridized carbons (Fsp3) is 0.452. The number of hydrogen-bond acceptors (Lipinski definition) is 8. The first kappa shape index (κ1) is 32.2. The van der Waals surface area contributed by atoms with Crippen LogP contribution in [0.2, 0.25) is 5.02 Å². The third kappa shape index (κ3) is 7.55. The van der Waals surface area contributed by atoms with Crippen LogP contribution in [-0.4, -0.2) is 71.7 Å². The van der Waals surface area contributed by atoms with Gasteiger partial charge in [0, 0.05) is 53.9 Å². The summed E-state index contributed by atoms with van der Waals surface area (Å²) in [5, 5.41) is 6.76. The van der Waals surface area contributed by atoms with Crippen LogP contribution >= 0.6 is 11.6 Å². The Morgan fingerprint density at radius 1 is 1.18 bits per heavy atom. The zero-order valence-electron chi connectivity index (χ0n) is 24.7. The molecule has 0 radical (unpaired) electrons. The fourth-order valence-corrected chi connectivity index (χ4v) is 7.84. The highest BCUT2D eigenvalue weighted by Crippen LogP contribution is 2.31. The second-order valence-corrected chi connectivity index (χ2v) is 14.1. The van der Waals surface area contributed by atoms with Crippen molar-refractivity contribution in [3.05, 3.63) is 82.5 Å². The van der Waals surface area contributed by atoms with Gasteiger partial charge in [-0.2, -0.15) is 4.31 Å². The van der Waals surface area contributed by atoms with E-state index in [9.17, 15) is 13.2 Å². The molecule has 236 valence electrons. The number of carbonyl (C=O) groups excluding carboxylic acids is 1. The number of piperazine rings is 1. The summed E-state index contributed by atoms with van der Waals surface area (Å²) in [4.78, 5) is 22.0. The Morgan fingerprint density at radius 3 is 2.64 bits per heavy atom. The molecule has 2 aliphatic rings. The maximum Gasteiger partial charge on any atom is 0.242 e. The Morgan fingerprint density at radius 2 is 1.93 bits per heavy atom. The molecule has 1 amide bonds. The number of sulfonamides is 1. The van der Waals surface area contributed by atoms with E-state index in [-0.39, 0.29) is 41.6 Å². The number of anilines is 1. The maximum absolute atomic E-state index is 15.2. The minimum absolute atomic E-state index is 0.0532. The molecule has 4 heterocycles. The molecule has 1 aromatic carbocycles. The summed E-state index contributed by atoms with van der Waals surface area (Å²) in [5.74, 6) is -1.17. The van der Waals surface area contributed by atoms with Crippen LogP contribution in [0, 0.1) is 5.82 Å². The van der Waals surface area contributed by atoms with Gasteiger partial charge in [-0.1, -0.05) is 29.8 Å². The van der Waals surface area contributed by atoms with E-state index in [0.717, 1.165) is 18.2 Å². The largest absolute Gasteiger partial charge is 0.475 e. The number of aromatic nitrogens is 2. The van der Waals surface area contributed by atoms with Crippen molar-refractivity contribution in [1.29, 1.82) is 0 Å². The van der Waals surface area contributed by atoms with Gasteiger partial charge in [-0.15, -0.1) is 0 Å². The molecule has 4 N–H and O–H groups in total. The van der Waals surface area contributed by atoms with Gasteiger partial charge in [0.05, 0.1) is 36.0 Å². The lowest BCUT2D eigenvalue weighted by molar-refractivity contribution is -0.117. The van der Waals surface area contributed by atoms with Gasteiger partial charge in [0.1, 0.15) is 5.82 Å². The first-order chi connectivity index (χ1) is 21.0. The van der Waals surface area contributed by atoms with Crippen molar-refractivity contribution in [2.45, 2.75) is 69.7 Å². The number of benzene rings is 1. The lowest BCUT2D eigenvalue weighted by atomic mass is 9.85. The van der Waals surface area contributed by atoms with Crippen molar-refractivity contribution in [1.82, 2.24) is 19.6 Å². The molecule has 0 spiro atoms. The Kier molecular flexibility index (Phi) is 10.2. The number of carbonyl (C=O) groups is 1. The highest BCUT2D eigenvalue weighted by atomic mass is 35.5. The molecule has 13 heteroatoms. The SMILES string of the molecule is CC(C)Oc1ccc([C@H](c2ccc(Cl)cc2)[C@H](N)C(=O)Nc2cncc(F)c2CC[C@H]2CN[C@@H]3CCCS(=O)(=O)N2C3)cn1. The average molecular weight is 645 g/mol. The molecule has 2 fully saturated rings. The first-order valence-corrected chi connectivity index (χ1v) is 16.8. The number of pyridine rings is 2. The molecule has 0 saturated carbocycles. The van der Waals surface area contributed by atoms with Crippen LogP contribution in [0.15, 0.2) is 55.0 Å². The van der Waals surface area contributed by atoms with E-state index in [1.807, 2.05) is 19.9 Å². The van der Waals surface area contributed by atoms with Crippen molar-refractivity contribution in [3.8, 4) is 5.88 Å². The summed E-state index contributed by atoms with van der Waals surface area (Å²) in [5.41, 5.74) is 8.48. The summed E-state index contributed by atoms with van der Waals surface area (Å²) < 4.78 is 48.2. The quantitative estimate of drug-likeness (QED) is 0.302. The average Bonchev–Trinajstić information content (AvgIpc) is 3.10. The number of rotatable bonds is 10. The minimum Gasteiger partial charge on any atom is -0.475 e. The number of nitrogens with one attached hydrogen (secondary N) is 2. The van der Waals surface area contributed by atoms with E-state index < -0.39 is 33.7 Å². The van der Waals surface area contributed by atoms with E-state index in [4.69, 9.17) is 22.1 Å². The number of hydrogen-bond donors (Lipinski definition) is 3. The standard InChI is InChI=1S/C31H38ClFN6O4S/c1-19(2)43-28-12-7-21(14-37-28)29(20-5-8-22(32)9-6-20)30(34)31(40)38-27-17-35-16-26(33)25(27)11-10-24-15-36-23-4-3-13-44(41,42)39(24)18-23/h5-9,12,14,16-17,19,23-24,29-30,36H,3-4,10-11,13,15,18,34H2,1-2H3,(H,38,40)/t23-,24+,29+,30+/m1/s1. The third-order valence-electron chi connectivity index (χ3n) is 8.12. The van der Waals surface area contributed by atoms with Gasteiger partial charge in [-0.3, -0.25) is 9.78 Å². The predicted octanol–water partition coefficient (Wildman–Crippen LogP) is 3.85. The van der Waals surface area contributed by atoms with E-state index in [0.29, 0.717) is 42.4 Å². The molecule has 2 bridgehead atoms. The number of ether oxygens (including phenoxy) is 1. The van der Waals surface area contributed by atoms with Crippen LogP contribution in [0.25, 0.3) is 0 Å². The van der Waals surface area contributed by atoms with Crippen molar-refractivity contribution < 1.29 is 22.3 Å². The molecule has 5 atom stereocenters. The minimum atomic E-state index is -3.39. The molecule has 2 aliphatic heterocycles. The van der Waals surface area contributed by atoms with Gasteiger partial charge in [-0.05, 0) is 62.8 Å². The lowest BCUT2D eigenvalue weighted by Crippen LogP contribution is -2.57. The molecule has 44 heavy (non-hydrogen) atoms. The fourth-order valence-electron chi connectivity index (χ4n) is 5.91. The molecule has 2 aromatic heterocycles. The van der Waals surface area contributed by atoms with Crippen LogP contribution in [0.1, 0.15) is 55.7 Å². The third-order valence-corrected chi connectivity index (χ3v) is 10.3. The molecule has 2 saturated heterocycles. The van der Waals surface area contributed by atoms with Crippen LogP contribution < -0.4 is 21.1 Å². The molecule has 10 nitrogen and oxygen atoms in total. The summed E-state index contributed by atoms with van der Waals surface area (Å²) in [6.07, 6.45) is 6.04. The van der Waals surface area contributed by atoms with Crippen LogP contribution in [0.3, 0.4) is 0 Å². The van der Waals surface area contributed by atoms with Gasteiger partial charge in [0.2, 0.25) is 21.8 Å². The lowest BCUT2D eigenvalue weighted by Gasteiger charge is -2.37. The molecular formula is C31H38ClFN6O4S. The topological polar surface area (TPSA) is 140 Å². The number of halogens is 2. The van der Waals surface area contributed by atoms with Gasteiger partial charge in [0.25, 0.3) is 0 Å². The Hall–Kier alpha value is -3.16. The predicted molar refractivity (Wildman–Crippen MR) is 168 cm³/mol. The van der Waals surface area contributed by atoms with Crippen molar-refractivity contribution in [2.24, 2.45) is 5.73 Å². The van der Waals surface area contributed by atoms with Gasteiger partial charge >= 0.3 is 0 Å². The number of amides is 1. The van der Waals surface area contributed by atoms with Gasteiger partial charge < -0.3 is 21.1 Å². The van der Waals surface area contributed by atoms with Crippen LogP contribution in [-0.2, 0) is 21.2 Å². The Balaban J connectivity index is 1.36. The Bertz CT molecular complexity index is 1560. The normalized spacial score (nSPS) is 22.5. The summed E-state index contributed by atoms with van der Waals surface area (Å²) in [6.45, 7) is 4.71. The van der Waals surface area contributed by atoms with Gasteiger partial charge in [-0.25, -0.2) is 17.8 Å². The maximum atomic E-state index is 15.2. The summed E-state index contributed by atoms with van der Waals surface area (Å²) >= 11 is 6.13. The monoisotopic (exact) mass is 644 g/mol. The van der Waals surface area contributed by atoms with Crippen LogP contribution in [0.4, 0.5) is 10.1 Å². The molecule has 0 aliphatic carbocycles. The van der Waals surface area contributed by atoms with E-state index >= 15 is 4.39 Å². The molecule has 1 unspecified atom stereocenters. The van der Waals surface area contributed by atoms with Crippen molar-refractivity contribution in [2.75, 3.05) is 24.2 Å². The summed E-state index contributed by atoms with van der Waals surface area (Å²) in [6, 6.07) is 9.29. The second-order valence-electron chi connectivity index (χ2n) is 11.6. The van der Waals surface area contributed by atoms with Crippen molar-refractivity contribution in [3.63, 3.8) is 0 Å². The number of nitrogens with zero attached hydrogens (tertiary/aromatic N) is 3. The van der Waals surface area contributed by atoms with E-state index in [1.165, 1.54) is 6.20 Å². The van der Waals surface area contributed by atoms with E-state index in [1.54, 1.807) is 40.8 Å². The van der Waals surface area contributed by atoms with Gasteiger partial charge in [0.15, 0.2) is 0 Å². The molecular weight excluding hydrogens is 607 g/mol. The van der Waals surface area contributed by atoms with Crippen LogP contribution in [0.5, 0.6) is 5.88 Å². The highest BCUT2D eigenvalue weighted by molar-refractivity contribution is 7.89. The van der Waals surface area contributed by atoms with E-state index in [2.05, 4.69) is 20.6 Å². The number of fused-ring (bicyclic) bond motifs is 2. The summed E-state index contributed by atoms with van der Waals surface area (Å²) in [7, 11) is -3.39. The zero-order chi connectivity index (χ0) is 31.4. The zero-order valence-corrected chi connectivity index (χ0v) is 26.3. The van der Waals surface area contributed by atoms with Crippen molar-refractivity contribution >= 4 is 33.2 Å². The molecule has 5 rings (SSSR count). The first-order valence-electron chi connectivity index (χ1n) is 14.8. The smallest absolute Gasteiger partial charge is 0.242 e. The number of nitrogens with two attached hydrogens (primary N) is 1.